The molecule has 0 saturated carbocycles. The number of hydrogen-bond acceptors (Lipinski definition) is 7. The van der Waals surface area contributed by atoms with Crippen LogP contribution < -0.4 is 16.0 Å². The number of aliphatic imine (C=N–C) groups is 1. The van der Waals surface area contributed by atoms with Gasteiger partial charge in [0.15, 0.2) is 17.2 Å². The quantitative estimate of drug-likeness (QED) is 0.423. The van der Waals surface area contributed by atoms with Crippen LogP contribution in [-0.2, 0) is 0 Å². The summed E-state index contributed by atoms with van der Waals surface area (Å²) < 4.78 is 14.5. The Labute approximate surface area is 184 Å². The Hall–Kier alpha value is -2.97. The normalized spacial score (nSPS) is 19.5. The van der Waals surface area contributed by atoms with E-state index in [2.05, 4.69) is 39.0 Å². The van der Waals surface area contributed by atoms with Crippen LogP contribution >= 0.6 is 11.6 Å². The third-order valence-corrected chi connectivity index (χ3v) is 5.69. The third kappa shape index (κ3) is 4.00. The molecule has 3 heterocycles. The minimum absolute atomic E-state index is 0.168. The van der Waals surface area contributed by atoms with E-state index in [4.69, 9.17) is 17.3 Å². The molecule has 0 spiro atoms. The van der Waals surface area contributed by atoms with Crippen molar-refractivity contribution in [2.45, 2.75) is 25.9 Å². The third-order valence-electron chi connectivity index (χ3n) is 5.38. The number of benzene rings is 1. The zero-order chi connectivity index (χ0) is 22.3. The van der Waals surface area contributed by atoms with Crippen LogP contribution in [-0.4, -0.2) is 53.5 Å². The first-order valence-corrected chi connectivity index (χ1v) is 10.4. The predicted octanol–water partition coefficient (Wildman–Crippen LogP) is 3.61. The minimum atomic E-state index is -0.921. The molecule has 0 amide bonds. The number of nitrogens with two attached hydrogens (primary N) is 1. The number of fused-ring (bicyclic) bond motifs is 1. The molecular weight excluding hydrogens is 419 g/mol. The van der Waals surface area contributed by atoms with Crippen LogP contribution in [0.1, 0.15) is 19.4 Å². The van der Waals surface area contributed by atoms with Gasteiger partial charge in [-0.25, -0.2) is 14.4 Å². The fourth-order valence-corrected chi connectivity index (χ4v) is 4.26. The number of halogens is 2. The Morgan fingerprint density at radius 2 is 2.00 bits per heavy atom. The van der Waals surface area contributed by atoms with Gasteiger partial charge in [0.05, 0.1) is 28.3 Å². The SMILES string of the molecule is CN=Cc1cc(-c2cc(Cl)c3cc(N4CC(C)NC(C)C4)cnc3n2)c(O)c(F)c1N. The highest BCUT2D eigenvalue weighted by Gasteiger charge is 2.23. The summed E-state index contributed by atoms with van der Waals surface area (Å²) in [5.41, 5.74) is 7.75. The lowest BCUT2D eigenvalue weighted by Gasteiger charge is -2.37. The van der Waals surface area contributed by atoms with Crippen LogP contribution in [0.2, 0.25) is 5.02 Å². The second kappa shape index (κ2) is 8.28. The van der Waals surface area contributed by atoms with Crippen LogP contribution in [0, 0.1) is 5.82 Å². The van der Waals surface area contributed by atoms with E-state index in [0.717, 1.165) is 18.8 Å². The Kier molecular flexibility index (Phi) is 5.68. The van der Waals surface area contributed by atoms with E-state index in [1.807, 2.05) is 6.07 Å². The lowest BCUT2D eigenvalue weighted by atomic mass is 10.0. The van der Waals surface area contributed by atoms with E-state index in [1.54, 1.807) is 19.3 Å². The fraction of sp³-hybridized carbons (Fsp3) is 0.318. The zero-order valence-electron chi connectivity index (χ0n) is 17.5. The number of aromatic nitrogens is 2. The molecule has 2 unspecified atom stereocenters. The summed E-state index contributed by atoms with van der Waals surface area (Å²) in [5, 5.41) is 14.9. The highest BCUT2D eigenvalue weighted by molar-refractivity contribution is 6.35. The molecule has 162 valence electrons. The number of hydrogen-bond donors (Lipinski definition) is 3. The van der Waals surface area contributed by atoms with Gasteiger partial charge in [0, 0.05) is 54.9 Å². The zero-order valence-corrected chi connectivity index (χ0v) is 18.3. The number of phenolic OH excluding ortho intramolecular Hbond substituents is 1. The van der Waals surface area contributed by atoms with Crippen molar-refractivity contribution in [3.05, 3.63) is 40.8 Å². The van der Waals surface area contributed by atoms with Crippen LogP contribution in [0.25, 0.3) is 22.3 Å². The van der Waals surface area contributed by atoms with Gasteiger partial charge in [-0.05, 0) is 32.0 Å². The minimum Gasteiger partial charge on any atom is -0.504 e. The molecule has 4 rings (SSSR count). The topological polar surface area (TPSA) is 99.7 Å². The average Bonchev–Trinajstić information content (AvgIpc) is 2.73. The highest BCUT2D eigenvalue weighted by Crippen LogP contribution is 2.38. The molecule has 1 aliphatic rings. The van der Waals surface area contributed by atoms with E-state index in [9.17, 15) is 9.50 Å². The highest BCUT2D eigenvalue weighted by atomic mass is 35.5. The molecule has 1 aliphatic heterocycles. The lowest BCUT2D eigenvalue weighted by molar-refractivity contribution is 0.407. The van der Waals surface area contributed by atoms with Gasteiger partial charge in [0.25, 0.3) is 0 Å². The van der Waals surface area contributed by atoms with Crippen molar-refractivity contribution in [1.29, 1.82) is 0 Å². The average molecular weight is 443 g/mol. The fourth-order valence-electron chi connectivity index (χ4n) is 4.02. The van der Waals surface area contributed by atoms with Crippen molar-refractivity contribution in [1.82, 2.24) is 15.3 Å². The summed E-state index contributed by atoms with van der Waals surface area (Å²) >= 11 is 6.57. The number of rotatable bonds is 3. The summed E-state index contributed by atoms with van der Waals surface area (Å²) in [5.74, 6) is -1.51. The number of nitrogens with zero attached hydrogens (tertiary/aromatic N) is 4. The van der Waals surface area contributed by atoms with Crippen LogP contribution in [0.4, 0.5) is 15.8 Å². The van der Waals surface area contributed by atoms with Gasteiger partial charge in [-0.2, -0.15) is 0 Å². The maximum atomic E-state index is 14.5. The van der Waals surface area contributed by atoms with Gasteiger partial charge in [-0.3, -0.25) is 4.99 Å². The molecule has 0 radical (unpaired) electrons. The molecule has 2 atom stereocenters. The Balaban J connectivity index is 1.79. The molecule has 31 heavy (non-hydrogen) atoms. The van der Waals surface area contributed by atoms with Gasteiger partial charge in [-0.1, -0.05) is 11.6 Å². The lowest BCUT2D eigenvalue weighted by Crippen LogP contribution is -2.54. The van der Waals surface area contributed by atoms with E-state index in [0.29, 0.717) is 39.4 Å². The smallest absolute Gasteiger partial charge is 0.189 e. The monoisotopic (exact) mass is 442 g/mol. The van der Waals surface area contributed by atoms with Gasteiger partial charge in [0.2, 0.25) is 0 Å². The molecule has 1 saturated heterocycles. The van der Waals surface area contributed by atoms with Gasteiger partial charge in [-0.15, -0.1) is 0 Å². The van der Waals surface area contributed by atoms with Gasteiger partial charge in [0.1, 0.15) is 0 Å². The first kappa shape index (κ1) is 21.3. The largest absolute Gasteiger partial charge is 0.504 e. The molecule has 2 aromatic heterocycles. The molecule has 9 heteroatoms. The Bertz CT molecular complexity index is 1170. The van der Waals surface area contributed by atoms with Crippen molar-refractivity contribution >= 4 is 40.2 Å². The molecular formula is C22H24ClFN6O. The predicted molar refractivity (Wildman–Crippen MR) is 124 cm³/mol. The molecule has 0 aliphatic carbocycles. The second-order valence-electron chi connectivity index (χ2n) is 7.90. The van der Waals surface area contributed by atoms with Crippen molar-refractivity contribution < 1.29 is 9.50 Å². The van der Waals surface area contributed by atoms with E-state index < -0.39 is 11.6 Å². The maximum Gasteiger partial charge on any atom is 0.189 e. The summed E-state index contributed by atoms with van der Waals surface area (Å²) in [6.07, 6.45) is 3.18. The molecule has 1 fully saturated rings. The van der Waals surface area contributed by atoms with E-state index in [1.165, 1.54) is 12.3 Å². The number of anilines is 2. The molecule has 3 aromatic rings. The number of phenols is 1. The van der Waals surface area contributed by atoms with Crippen LogP contribution in [0.3, 0.4) is 0 Å². The summed E-state index contributed by atoms with van der Waals surface area (Å²) in [6.45, 7) is 6.02. The number of nitrogen functional groups attached to an aromatic ring is 1. The number of nitrogens with one attached hydrogen (secondary N) is 1. The summed E-state index contributed by atoms with van der Waals surface area (Å²) in [4.78, 5) is 15.2. The van der Waals surface area contributed by atoms with Crippen LogP contribution in [0.15, 0.2) is 29.4 Å². The van der Waals surface area contributed by atoms with Crippen molar-refractivity contribution in [2.24, 2.45) is 4.99 Å². The first-order chi connectivity index (χ1) is 14.8. The van der Waals surface area contributed by atoms with E-state index in [-0.39, 0.29) is 11.3 Å². The molecule has 0 bridgehead atoms. The number of pyridine rings is 2. The first-order valence-electron chi connectivity index (χ1n) is 9.99. The Morgan fingerprint density at radius 1 is 1.29 bits per heavy atom. The van der Waals surface area contributed by atoms with Crippen molar-refractivity contribution in [3.8, 4) is 17.0 Å². The van der Waals surface area contributed by atoms with Crippen molar-refractivity contribution in [2.75, 3.05) is 30.8 Å². The van der Waals surface area contributed by atoms with Gasteiger partial charge >= 0.3 is 0 Å². The Morgan fingerprint density at radius 3 is 2.68 bits per heavy atom. The summed E-state index contributed by atoms with van der Waals surface area (Å²) in [6, 6.07) is 5.81. The molecule has 1 aromatic carbocycles. The maximum absolute atomic E-state index is 14.5. The molecule has 4 N–H and O–H groups in total. The number of aromatic hydroxyl groups is 1. The summed E-state index contributed by atoms with van der Waals surface area (Å²) in [7, 11) is 1.55. The molecule has 7 nitrogen and oxygen atoms in total. The van der Waals surface area contributed by atoms with E-state index >= 15 is 0 Å². The van der Waals surface area contributed by atoms with Crippen molar-refractivity contribution in [3.63, 3.8) is 0 Å². The van der Waals surface area contributed by atoms with Crippen LogP contribution in [0.5, 0.6) is 5.75 Å². The van der Waals surface area contributed by atoms with Gasteiger partial charge < -0.3 is 21.1 Å². The standard InChI is InChI=1S/C22H24ClFN6O/c1-11-9-30(10-12(2)28-11)14-5-15-17(23)6-18(29-22(15)27-8-14)16-4-13(7-26-3)20(25)19(24)21(16)31/h4-8,11-12,28,31H,9-10,25H2,1-3H3. The number of piperazine rings is 1. The second-order valence-corrected chi connectivity index (χ2v) is 8.31.